The highest BCUT2D eigenvalue weighted by Crippen LogP contribution is 2.28. The number of hydrogen-bond acceptors (Lipinski definition) is 6. The van der Waals surface area contributed by atoms with Crippen LogP contribution in [0.25, 0.3) is 11.3 Å². The molecular formula is C30H36N2O5. The van der Waals surface area contributed by atoms with Gasteiger partial charge in [-0.3, -0.25) is 4.90 Å². The van der Waals surface area contributed by atoms with Gasteiger partial charge in [0, 0.05) is 12.1 Å². The first-order valence-electron chi connectivity index (χ1n) is 12.6. The Hall–Kier alpha value is -3.81. The van der Waals surface area contributed by atoms with Gasteiger partial charge in [-0.25, -0.2) is 4.79 Å². The highest BCUT2D eigenvalue weighted by Gasteiger charge is 2.15. The van der Waals surface area contributed by atoms with E-state index in [9.17, 15) is 15.0 Å². The van der Waals surface area contributed by atoms with E-state index >= 15 is 0 Å². The van der Waals surface area contributed by atoms with Crippen molar-refractivity contribution in [3.8, 4) is 17.1 Å². The first-order valence-corrected chi connectivity index (χ1v) is 12.6. The second kappa shape index (κ2) is 14.1. The van der Waals surface area contributed by atoms with Crippen molar-refractivity contribution in [2.45, 2.75) is 40.4 Å². The Kier molecular flexibility index (Phi) is 10.6. The lowest BCUT2D eigenvalue weighted by atomic mass is 10.1. The Labute approximate surface area is 218 Å². The molecule has 37 heavy (non-hydrogen) atoms. The third-order valence-corrected chi connectivity index (χ3v) is 6.10. The van der Waals surface area contributed by atoms with Gasteiger partial charge in [0.15, 0.2) is 0 Å². The Morgan fingerprint density at radius 1 is 0.784 bits per heavy atom. The van der Waals surface area contributed by atoms with Crippen molar-refractivity contribution in [1.29, 1.82) is 0 Å². The fourth-order valence-corrected chi connectivity index (χ4v) is 4.00. The molecule has 0 unspecified atom stereocenters. The van der Waals surface area contributed by atoms with Crippen molar-refractivity contribution >= 4 is 5.97 Å². The van der Waals surface area contributed by atoms with Gasteiger partial charge < -0.3 is 23.9 Å². The van der Waals surface area contributed by atoms with E-state index in [0.29, 0.717) is 24.4 Å². The topological polar surface area (TPSA) is 90.3 Å². The molecule has 0 saturated carbocycles. The SMILES string of the molecule is CCN(CC)CC.O=C(O)c1cc(-c2ccc(CN(Cc3ccccc3)Cc3ccco3)o2)ccc1O. The number of phenols is 1. The van der Waals surface area contributed by atoms with Crippen LogP contribution in [0.3, 0.4) is 0 Å². The summed E-state index contributed by atoms with van der Waals surface area (Å²) < 4.78 is 11.5. The largest absolute Gasteiger partial charge is 0.507 e. The van der Waals surface area contributed by atoms with E-state index in [1.807, 2.05) is 36.4 Å². The smallest absolute Gasteiger partial charge is 0.339 e. The van der Waals surface area contributed by atoms with Crippen LogP contribution >= 0.6 is 0 Å². The van der Waals surface area contributed by atoms with Crippen molar-refractivity contribution in [3.63, 3.8) is 0 Å². The average Bonchev–Trinajstić information content (AvgIpc) is 3.59. The molecular weight excluding hydrogens is 468 g/mol. The molecule has 2 heterocycles. The fourth-order valence-electron chi connectivity index (χ4n) is 4.00. The zero-order valence-electron chi connectivity index (χ0n) is 21.8. The number of carbonyl (C=O) groups is 1. The van der Waals surface area contributed by atoms with Gasteiger partial charge in [0.25, 0.3) is 0 Å². The Balaban J connectivity index is 0.000000479. The van der Waals surface area contributed by atoms with Crippen LogP contribution in [0.15, 0.2) is 87.9 Å². The highest BCUT2D eigenvalue weighted by atomic mass is 16.4. The van der Waals surface area contributed by atoms with Gasteiger partial charge in [0.05, 0.1) is 19.4 Å². The van der Waals surface area contributed by atoms with E-state index < -0.39 is 5.97 Å². The zero-order chi connectivity index (χ0) is 26.6. The number of aromatic hydroxyl groups is 1. The molecule has 0 saturated heterocycles. The van der Waals surface area contributed by atoms with Gasteiger partial charge in [-0.05, 0) is 67.7 Å². The first-order chi connectivity index (χ1) is 17.9. The zero-order valence-corrected chi connectivity index (χ0v) is 21.8. The Morgan fingerprint density at radius 3 is 2.08 bits per heavy atom. The number of rotatable bonds is 11. The van der Waals surface area contributed by atoms with E-state index in [4.69, 9.17) is 8.83 Å². The van der Waals surface area contributed by atoms with Crippen LogP contribution in [-0.4, -0.2) is 45.6 Å². The minimum Gasteiger partial charge on any atom is -0.507 e. The van der Waals surface area contributed by atoms with Crippen LogP contribution in [0, 0.1) is 0 Å². The van der Waals surface area contributed by atoms with Crippen molar-refractivity contribution in [2.75, 3.05) is 19.6 Å². The van der Waals surface area contributed by atoms with Crippen LogP contribution in [0.1, 0.15) is 48.2 Å². The maximum atomic E-state index is 11.3. The second-order valence-corrected chi connectivity index (χ2v) is 8.63. The molecule has 2 aromatic carbocycles. The normalized spacial score (nSPS) is 10.9. The Morgan fingerprint density at radius 2 is 1.49 bits per heavy atom. The lowest BCUT2D eigenvalue weighted by Crippen LogP contribution is -2.21. The van der Waals surface area contributed by atoms with Crippen molar-refractivity contribution in [3.05, 3.63) is 102 Å². The Bertz CT molecular complexity index is 1210. The van der Waals surface area contributed by atoms with Crippen molar-refractivity contribution in [1.82, 2.24) is 9.80 Å². The number of furan rings is 2. The molecule has 0 aliphatic carbocycles. The van der Waals surface area contributed by atoms with Gasteiger partial charge in [-0.15, -0.1) is 0 Å². The molecule has 4 rings (SSSR count). The summed E-state index contributed by atoms with van der Waals surface area (Å²) in [4.78, 5) is 15.9. The minimum atomic E-state index is -1.19. The summed E-state index contributed by atoms with van der Waals surface area (Å²) >= 11 is 0. The summed E-state index contributed by atoms with van der Waals surface area (Å²) in [5, 5.41) is 18.9. The maximum Gasteiger partial charge on any atom is 0.339 e. The number of nitrogens with zero attached hydrogens (tertiary/aromatic N) is 2. The van der Waals surface area contributed by atoms with Crippen LogP contribution in [0.4, 0.5) is 0 Å². The van der Waals surface area contributed by atoms with Gasteiger partial charge in [0.2, 0.25) is 0 Å². The summed E-state index contributed by atoms with van der Waals surface area (Å²) in [5.74, 6) is 0.698. The first kappa shape index (κ1) is 27.8. The van der Waals surface area contributed by atoms with Gasteiger partial charge in [0.1, 0.15) is 28.6 Å². The summed E-state index contributed by atoms with van der Waals surface area (Å²) in [5.41, 5.74) is 1.62. The number of carboxylic acids is 1. The predicted octanol–water partition coefficient (Wildman–Crippen LogP) is 6.49. The molecule has 2 aromatic heterocycles. The molecule has 0 aliphatic heterocycles. The lowest BCUT2D eigenvalue weighted by Gasteiger charge is -2.20. The molecule has 7 heteroatoms. The van der Waals surface area contributed by atoms with Crippen LogP contribution in [0.2, 0.25) is 0 Å². The summed E-state index contributed by atoms with van der Waals surface area (Å²) in [6.45, 7) is 12.0. The number of aromatic carboxylic acids is 1. The molecule has 0 fully saturated rings. The van der Waals surface area contributed by atoms with E-state index in [-0.39, 0.29) is 11.3 Å². The molecule has 0 bridgehead atoms. The standard InChI is InChI=1S/C24H21NO5.C6H15N/c26-22-10-8-18(13-21(22)24(27)28)23-11-9-20(30-23)16-25(15-19-7-4-12-29-19)14-17-5-2-1-3-6-17;1-4-7(5-2)6-3/h1-13,26H,14-16H2,(H,27,28);4-6H2,1-3H3. The molecule has 0 aliphatic rings. The third kappa shape index (κ3) is 8.37. The van der Waals surface area contributed by atoms with Crippen LogP contribution in [-0.2, 0) is 19.6 Å². The third-order valence-electron chi connectivity index (χ3n) is 6.10. The molecule has 0 radical (unpaired) electrons. The fraction of sp³-hybridized carbons (Fsp3) is 0.300. The van der Waals surface area contributed by atoms with Crippen molar-refractivity contribution in [2.24, 2.45) is 0 Å². The molecule has 196 valence electrons. The van der Waals surface area contributed by atoms with Gasteiger partial charge in [-0.1, -0.05) is 51.1 Å². The van der Waals surface area contributed by atoms with Crippen LogP contribution < -0.4 is 0 Å². The highest BCUT2D eigenvalue weighted by molar-refractivity contribution is 5.92. The molecule has 0 amide bonds. The molecule has 7 nitrogen and oxygen atoms in total. The summed E-state index contributed by atoms with van der Waals surface area (Å²) in [6, 6.07) is 22.1. The van der Waals surface area contributed by atoms with Crippen molar-refractivity contribution < 1.29 is 23.8 Å². The predicted molar refractivity (Wildman–Crippen MR) is 144 cm³/mol. The lowest BCUT2D eigenvalue weighted by molar-refractivity contribution is 0.0693. The van der Waals surface area contributed by atoms with Gasteiger partial charge >= 0.3 is 5.97 Å². The maximum absolute atomic E-state index is 11.3. The van der Waals surface area contributed by atoms with E-state index in [1.165, 1.54) is 37.3 Å². The van der Waals surface area contributed by atoms with Gasteiger partial charge in [-0.2, -0.15) is 0 Å². The average molecular weight is 505 g/mol. The van der Waals surface area contributed by atoms with Crippen LogP contribution in [0.5, 0.6) is 5.75 Å². The molecule has 0 atom stereocenters. The molecule has 2 N–H and O–H groups in total. The number of carboxylic acid groups (broad SMARTS) is 1. The second-order valence-electron chi connectivity index (χ2n) is 8.63. The van der Waals surface area contributed by atoms with E-state index in [2.05, 4.69) is 42.7 Å². The molecule has 0 spiro atoms. The number of hydrogen-bond donors (Lipinski definition) is 2. The summed E-state index contributed by atoms with van der Waals surface area (Å²) in [7, 11) is 0. The van der Waals surface area contributed by atoms with E-state index in [1.54, 1.807) is 18.4 Å². The quantitative estimate of drug-likeness (QED) is 0.241. The van der Waals surface area contributed by atoms with E-state index in [0.717, 1.165) is 18.1 Å². The monoisotopic (exact) mass is 504 g/mol. The molecule has 4 aromatic rings. The minimum absolute atomic E-state index is 0.158. The summed E-state index contributed by atoms with van der Waals surface area (Å²) in [6.07, 6.45) is 1.66. The number of benzene rings is 2.